The second-order valence-corrected chi connectivity index (χ2v) is 5.80. The maximum atomic E-state index is 13.4. The number of halogens is 1. The van der Waals surface area contributed by atoms with Gasteiger partial charge in [-0.1, -0.05) is 30.0 Å². The Balaban J connectivity index is 1.73. The third kappa shape index (κ3) is 4.64. The lowest BCUT2D eigenvalue weighted by molar-refractivity contribution is 0.0164. The topological polar surface area (TPSA) is 62.6 Å². The SMILES string of the molecule is OCC(O)COCC#Cc1ccc2cc(-c3cccc(F)c3)cnc2c1. The number of aliphatic hydroxyl groups is 2. The Labute approximate surface area is 150 Å². The number of fused-ring (bicyclic) bond motifs is 1. The molecule has 1 atom stereocenters. The molecule has 0 aliphatic rings. The van der Waals surface area contributed by atoms with Crippen LogP contribution in [-0.2, 0) is 4.74 Å². The van der Waals surface area contributed by atoms with Crippen LogP contribution in [0.25, 0.3) is 22.0 Å². The number of aliphatic hydroxyl groups excluding tert-OH is 2. The maximum Gasteiger partial charge on any atom is 0.123 e. The third-order valence-electron chi connectivity index (χ3n) is 3.77. The average molecular weight is 351 g/mol. The Morgan fingerprint density at radius 1 is 1.12 bits per heavy atom. The highest BCUT2D eigenvalue weighted by Crippen LogP contribution is 2.23. The second kappa shape index (κ2) is 8.54. The smallest absolute Gasteiger partial charge is 0.123 e. The van der Waals surface area contributed by atoms with E-state index in [1.54, 1.807) is 12.3 Å². The van der Waals surface area contributed by atoms with E-state index < -0.39 is 6.10 Å². The van der Waals surface area contributed by atoms with E-state index in [-0.39, 0.29) is 25.6 Å². The van der Waals surface area contributed by atoms with Crippen molar-refractivity contribution in [3.8, 4) is 23.0 Å². The lowest BCUT2D eigenvalue weighted by atomic mass is 10.0. The fourth-order valence-electron chi connectivity index (χ4n) is 2.46. The number of pyridine rings is 1. The normalized spacial score (nSPS) is 11.8. The summed E-state index contributed by atoms with van der Waals surface area (Å²) in [5, 5.41) is 18.8. The van der Waals surface area contributed by atoms with Crippen LogP contribution in [-0.4, -0.2) is 41.1 Å². The summed E-state index contributed by atoms with van der Waals surface area (Å²) in [6, 6.07) is 14.1. The molecule has 2 N–H and O–H groups in total. The molecular weight excluding hydrogens is 333 g/mol. The van der Waals surface area contributed by atoms with Crippen molar-refractivity contribution in [3.05, 3.63) is 66.1 Å². The van der Waals surface area contributed by atoms with Gasteiger partial charge in [0.1, 0.15) is 18.5 Å². The van der Waals surface area contributed by atoms with Gasteiger partial charge in [0.05, 0.1) is 18.7 Å². The summed E-state index contributed by atoms with van der Waals surface area (Å²) in [6.07, 6.45) is 0.835. The first-order chi connectivity index (χ1) is 12.7. The summed E-state index contributed by atoms with van der Waals surface area (Å²) in [4.78, 5) is 4.44. The molecule has 5 heteroatoms. The fraction of sp³-hybridized carbons (Fsp3) is 0.190. The average Bonchev–Trinajstić information content (AvgIpc) is 2.67. The van der Waals surface area contributed by atoms with Gasteiger partial charge in [-0.05, 0) is 35.9 Å². The predicted molar refractivity (Wildman–Crippen MR) is 97.9 cm³/mol. The molecule has 0 saturated carbocycles. The second-order valence-electron chi connectivity index (χ2n) is 5.80. The van der Waals surface area contributed by atoms with Crippen LogP contribution in [0.1, 0.15) is 5.56 Å². The Bertz CT molecular complexity index is 962. The molecular formula is C21H18FNO3. The van der Waals surface area contributed by atoms with E-state index in [1.807, 2.05) is 30.3 Å². The van der Waals surface area contributed by atoms with E-state index in [0.29, 0.717) is 0 Å². The summed E-state index contributed by atoms with van der Waals surface area (Å²) >= 11 is 0. The summed E-state index contributed by atoms with van der Waals surface area (Å²) in [7, 11) is 0. The molecule has 1 unspecified atom stereocenters. The van der Waals surface area contributed by atoms with Crippen LogP contribution in [0.5, 0.6) is 0 Å². The first kappa shape index (κ1) is 18.0. The standard InChI is InChI=1S/C21H18FNO3/c22-19-5-1-4-16(11-19)18-10-17-7-6-15(9-21(17)23-12-18)3-2-8-26-14-20(25)13-24/h1,4-7,9-12,20,24-25H,8,13-14H2. The molecule has 0 bridgehead atoms. The number of rotatable bonds is 5. The first-order valence-electron chi connectivity index (χ1n) is 8.17. The monoisotopic (exact) mass is 351 g/mol. The van der Waals surface area contributed by atoms with E-state index in [1.165, 1.54) is 12.1 Å². The quantitative estimate of drug-likeness (QED) is 0.548. The van der Waals surface area contributed by atoms with Crippen molar-refractivity contribution < 1.29 is 19.3 Å². The Hall–Kier alpha value is -2.78. The minimum absolute atomic E-state index is 0.0489. The van der Waals surface area contributed by atoms with Crippen LogP contribution in [0.3, 0.4) is 0 Å². The molecule has 132 valence electrons. The molecule has 0 aliphatic carbocycles. The van der Waals surface area contributed by atoms with E-state index in [2.05, 4.69) is 16.8 Å². The first-order valence-corrected chi connectivity index (χ1v) is 8.17. The Morgan fingerprint density at radius 3 is 2.81 bits per heavy atom. The van der Waals surface area contributed by atoms with Crippen molar-refractivity contribution in [1.82, 2.24) is 4.98 Å². The predicted octanol–water partition coefficient (Wildman–Crippen LogP) is 2.76. The molecule has 3 rings (SSSR count). The number of ether oxygens (including phenoxy) is 1. The zero-order valence-electron chi connectivity index (χ0n) is 14.0. The summed E-state index contributed by atoms with van der Waals surface area (Å²) < 4.78 is 18.5. The van der Waals surface area contributed by atoms with Crippen molar-refractivity contribution in [2.75, 3.05) is 19.8 Å². The van der Waals surface area contributed by atoms with Gasteiger partial charge in [0.2, 0.25) is 0 Å². The number of hydrogen-bond acceptors (Lipinski definition) is 4. The van der Waals surface area contributed by atoms with Crippen molar-refractivity contribution in [2.24, 2.45) is 0 Å². The largest absolute Gasteiger partial charge is 0.394 e. The lowest BCUT2D eigenvalue weighted by Gasteiger charge is -2.05. The molecule has 2 aromatic carbocycles. The van der Waals surface area contributed by atoms with Gasteiger partial charge in [0, 0.05) is 22.7 Å². The number of benzene rings is 2. The summed E-state index contributed by atoms with van der Waals surface area (Å²) in [5.41, 5.74) is 3.24. The molecule has 1 aromatic heterocycles. The molecule has 4 nitrogen and oxygen atoms in total. The lowest BCUT2D eigenvalue weighted by Crippen LogP contribution is -2.19. The van der Waals surface area contributed by atoms with Gasteiger partial charge < -0.3 is 14.9 Å². The van der Waals surface area contributed by atoms with Crippen LogP contribution in [0.2, 0.25) is 0 Å². The molecule has 0 radical (unpaired) electrons. The van der Waals surface area contributed by atoms with Crippen LogP contribution in [0, 0.1) is 17.7 Å². The zero-order chi connectivity index (χ0) is 18.4. The number of hydrogen-bond donors (Lipinski definition) is 2. The van der Waals surface area contributed by atoms with E-state index in [9.17, 15) is 4.39 Å². The highest BCUT2D eigenvalue weighted by atomic mass is 19.1. The van der Waals surface area contributed by atoms with Crippen molar-refractivity contribution in [3.63, 3.8) is 0 Å². The van der Waals surface area contributed by atoms with Gasteiger partial charge in [-0.3, -0.25) is 4.98 Å². The van der Waals surface area contributed by atoms with Crippen molar-refractivity contribution >= 4 is 10.9 Å². The minimum atomic E-state index is -0.881. The van der Waals surface area contributed by atoms with Gasteiger partial charge >= 0.3 is 0 Å². The van der Waals surface area contributed by atoms with Crippen molar-refractivity contribution in [2.45, 2.75) is 6.10 Å². The highest BCUT2D eigenvalue weighted by Gasteiger charge is 2.03. The van der Waals surface area contributed by atoms with Crippen LogP contribution in [0.4, 0.5) is 4.39 Å². The summed E-state index contributed by atoms with van der Waals surface area (Å²) in [5.74, 6) is 5.55. The van der Waals surface area contributed by atoms with Crippen LogP contribution >= 0.6 is 0 Å². The van der Waals surface area contributed by atoms with Crippen molar-refractivity contribution in [1.29, 1.82) is 0 Å². The summed E-state index contributed by atoms with van der Waals surface area (Å²) in [6.45, 7) is -0.115. The van der Waals surface area contributed by atoms with E-state index >= 15 is 0 Å². The Kier molecular flexibility index (Phi) is 5.92. The minimum Gasteiger partial charge on any atom is -0.394 e. The van der Waals surface area contributed by atoms with Crippen LogP contribution < -0.4 is 0 Å². The maximum absolute atomic E-state index is 13.4. The highest BCUT2D eigenvalue weighted by molar-refractivity contribution is 5.84. The molecule has 0 fully saturated rings. The van der Waals surface area contributed by atoms with Gasteiger partial charge in [-0.15, -0.1) is 0 Å². The van der Waals surface area contributed by atoms with Gasteiger partial charge in [-0.2, -0.15) is 0 Å². The zero-order valence-corrected chi connectivity index (χ0v) is 14.0. The van der Waals surface area contributed by atoms with Gasteiger partial charge in [0.25, 0.3) is 0 Å². The van der Waals surface area contributed by atoms with Gasteiger partial charge in [0.15, 0.2) is 0 Å². The van der Waals surface area contributed by atoms with E-state index in [0.717, 1.165) is 27.6 Å². The molecule has 0 saturated heterocycles. The molecule has 3 aromatic rings. The molecule has 0 spiro atoms. The number of nitrogens with zero attached hydrogens (tertiary/aromatic N) is 1. The van der Waals surface area contributed by atoms with Gasteiger partial charge in [-0.25, -0.2) is 4.39 Å². The Morgan fingerprint density at radius 2 is 2.00 bits per heavy atom. The number of aromatic nitrogens is 1. The molecule has 1 heterocycles. The third-order valence-corrected chi connectivity index (χ3v) is 3.77. The van der Waals surface area contributed by atoms with Crippen LogP contribution in [0.15, 0.2) is 54.7 Å². The molecule has 26 heavy (non-hydrogen) atoms. The van der Waals surface area contributed by atoms with E-state index in [4.69, 9.17) is 14.9 Å². The molecule has 0 aliphatic heterocycles. The molecule has 0 amide bonds. The fourth-order valence-corrected chi connectivity index (χ4v) is 2.46.